The summed E-state index contributed by atoms with van der Waals surface area (Å²) < 4.78 is 1.09. The van der Waals surface area contributed by atoms with Crippen LogP contribution in [0.25, 0.3) is 0 Å². The van der Waals surface area contributed by atoms with Crippen LogP contribution in [0.15, 0.2) is 22.7 Å². The smallest absolute Gasteiger partial charge is 0.234 e. The van der Waals surface area contributed by atoms with Gasteiger partial charge in [-0.05, 0) is 31.0 Å². The molecule has 82 valence electrons. The van der Waals surface area contributed by atoms with Crippen LogP contribution in [0.4, 0.5) is 0 Å². The van der Waals surface area contributed by atoms with Gasteiger partial charge in [0, 0.05) is 11.0 Å². The molecule has 0 spiro atoms. The van der Waals surface area contributed by atoms with Crippen molar-refractivity contribution in [3.05, 3.63) is 33.8 Å². The van der Waals surface area contributed by atoms with Crippen LogP contribution in [0.1, 0.15) is 18.1 Å². The largest absolute Gasteiger partial charge is 0.368 e. The van der Waals surface area contributed by atoms with E-state index in [-0.39, 0.29) is 11.9 Å². The van der Waals surface area contributed by atoms with Crippen molar-refractivity contribution >= 4 is 21.8 Å². The number of nitrogens with one attached hydrogen (secondary N) is 1. The lowest BCUT2D eigenvalue weighted by Gasteiger charge is -2.10. The lowest BCUT2D eigenvalue weighted by atomic mass is 10.1. The first-order valence-electron chi connectivity index (χ1n) is 4.78. The van der Waals surface area contributed by atoms with Gasteiger partial charge in [-0.1, -0.05) is 28.1 Å². The molecule has 15 heavy (non-hydrogen) atoms. The Hall–Kier alpha value is -0.870. The Bertz CT molecular complexity index is 366. The molecule has 1 aromatic rings. The van der Waals surface area contributed by atoms with Gasteiger partial charge in [-0.2, -0.15) is 0 Å². The molecule has 1 unspecified atom stereocenters. The zero-order valence-electron chi connectivity index (χ0n) is 8.88. The molecule has 0 radical (unpaired) electrons. The number of rotatable bonds is 4. The first-order chi connectivity index (χ1) is 7.00. The van der Waals surface area contributed by atoms with Crippen LogP contribution in [0.3, 0.4) is 0 Å². The fourth-order valence-electron chi connectivity index (χ4n) is 1.19. The predicted molar refractivity (Wildman–Crippen MR) is 64.4 cm³/mol. The lowest BCUT2D eigenvalue weighted by molar-refractivity contribution is -0.119. The Morgan fingerprint density at radius 1 is 1.60 bits per heavy atom. The molecule has 0 aliphatic carbocycles. The normalized spacial score (nSPS) is 12.5. The Balaban J connectivity index is 2.58. The number of carbonyl (C=O) groups is 1. The van der Waals surface area contributed by atoms with Gasteiger partial charge in [-0.3, -0.25) is 4.79 Å². The number of halogens is 1. The van der Waals surface area contributed by atoms with E-state index in [0.29, 0.717) is 6.54 Å². The average molecular weight is 271 g/mol. The first kappa shape index (κ1) is 12.2. The maximum atomic E-state index is 10.8. The summed E-state index contributed by atoms with van der Waals surface area (Å²) in [6.45, 7) is 4.44. The first-order valence-corrected chi connectivity index (χ1v) is 5.57. The molecule has 1 aromatic carbocycles. The Kier molecular flexibility index (Phi) is 4.29. The molecule has 1 atom stereocenters. The molecule has 3 N–H and O–H groups in total. The number of hydrogen-bond acceptors (Lipinski definition) is 2. The summed E-state index contributed by atoms with van der Waals surface area (Å²) in [6.07, 6.45) is 0. The van der Waals surface area contributed by atoms with Crippen molar-refractivity contribution in [2.45, 2.75) is 26.4 Å². The topological polar surface area (TPSA) is 55.1 Å². The minimum Gasteiger partial charge on any atom is -0.368 e. The average Bonchev–Trinajstić information content (AvgIpc) is 2.19. The fraction of sp³-hybridized carbons (Fsp3) is 0.364. The number of amides is 1. The van der Waals surface area contributed by atoms with Gasteiger partial charge in [0.2, 0.25) is 5.91 Å². The van der Waals surface area contributed by atoms with E-state index in [4.69, 9.17) is 5.73 Å². The van der Waals surface area contributed by atoms with Gasteiger partial charge >= 0.3 is 0 Å². The fourth-order valence-corrected chi connectivity index (χ4v) is 1.43. The quantitative estimate of drug-likeness (QED) is 0.876. The molecule has 0 bridgehead atoms. The molecule has 0 saturated carbocycles. The van der Waals surface area contributed by atoms with E-state index in [1.54, 1.807) is 6.92 Å². The van der Waals surface area contributed by atoms with Crippen LogP contribution in [-0.2, 0) is 11.3 Å². The Morgan fingerprint density at radius 3 is 2.80 bits per heavy atom. The van der Waals surface area contributed by atoms with Crippen LogP contribution >= 0.6 is 15.9 Å². The molecule has 0 aliphatic heterocycles. The molecule has 1 amide bonds. The molecule has 4 heteroatoms. The molecule has 0 saturated heterocycles. The van der Waals surface area contributed by atoms with Gasteiger partial charge in [0.15, 0.2) is 0 Å². The van der Waals surface area contributed by atoms with Gasteiger partial charge < -0.3 is 11.1 Å². The molecular formula is C11H15BrN2O. The van der Waals surface area contributed by atoms with Gasteiger partial charge in [0.25, 0.3) is 0 Å². The number of hydrogen-bond donors (Lipinski definition) is 2. The van der Waals surface area contributed by atoms with Crippen LogP contribution in [0.5, 0.6) is 0 Å². The zero-order chi connectivity index (χ0) is 11.4. The van der Waals surface area contributed by atoms with Gasteiger partial charge in [-0.15, -0.1) is 0 Å². The minimum atomic E-state index is -0.330. The highest BCUT2D eigenvalue weighted by Gasteiger charge is 2.07. The highest BCUT2D eigenvalue weighted by Crippen LogP contribution is 2.16. The maximum Gasteiger partial charge on any atom is 0.234 e. The summed E-state index contributed by atoms with van der Waals surface area (Å²) in [4.78, 5) is 10.8. The second-order valence-corrected chi connectivity index (χ2v) is 4.44. The molecule has 0 fully saturated rings. The molecule has 3 nitrogen and oxygen atoms in total. The molecular weight excluding hydrogens is 256 g/mol. The molecule has 1 rings (SSSR count). The third kappa shape index (κ3) is 3.64. The van der Waals surface area contributed by atoms with Crippen LogP contribution in [-0.4, -0.2) is 11.9 Å². The van der Waals surface area contributed by atoms with Gasteiger partial charge in [-0.25, -0.2) is 0 Å². The SMILES string of the molecule is Cc1cc(CNC(C)C(N)=O)ccc1Br. The van der Waals surface area contributed by atoms with E-state index in [9.17, 15) is 4.79 Å². The number of aryl methyl sites for hydroxylation is 1. The summed E-state index contributed by atoms with van der Waals surface area (Å²) in [5, 5.41) is 3.06. The summed E-state index contributed by atoms with van der Waals surface area (Å²) in [5.74, 6) is -0.330. The van der Waals surface area contributed by atoms with E-state index in [2.05, 4.69) is 27.3 Å². The van der Waals surface area contributed by atoms with E-state index in [1.807, 2.05) is 19.1 Å². The predicted octanol–water partition coefficient (Wildman–Crippen LogP) is 1.72. The van der Waals surface area contributed by atoms with Crippen molar-refractivity contribution in [1.82, 2.24) is 5.32 Å². The number of nitrogens with two attached hydrogens (primary N) is 1. The van der Waals surface area contributed by atoms with Crippen molar-refractivity contribution in [2.24, 2.45) is 5.73 Å². The zero-order valence-corrected chi connectivity index (χ0v) is 10.5. The third-order valence-electron chi connectivity index (χ3n) is 2.26. The highest BCUT2D eigenvalue weighted by molar-refractivity contribution is 9.10. The van der Waals surface area contributed by atoms with Crippen molar-refractivity contribution in [1.29, 1.82) is 0 Å². The van der Waals surface area contributed by atoms with Gasteiger partial charge in [0.05, 0.1) is 6.04 Å². The van der Waals surface area contributed by atoms with E-state index in [1.165, 1.54) is 5.56 Å². The molecule has 0 aromatic heterocycles. The maximum absolute atomic E-state index is 10.8. The Morgan fingerprint density at radius 2 is 2.27 bits per heavy atom. The summed E-state index contributed by atoms with van der Waals surface area (Å²) >= 11 is 3.44. The highest BCUT2D eigenvalue weighted by atomic mass is 79.9. The van der Waals surface area contributed by atoms with Crippen molar-refractivity contribution < 1.29 is 4.79 Å². The second kappa shape index (κ2) is 5.28. The van der Waals surface area contributed by atoms with Crippen LogP contribution < -0.4 is 11.1 Å². The Labute approximate surface area is 98.2 Å². The number of benzene rings is 1. The standard InChI is InChI=1S/C11H15BrN2O/c1-7-5-9(3-4-10(7)12)6-14-8(2)11(13)15/h3-5,8,14H,6H2,1-2H3,(H2,13,15). The van der Waals surface area contributed by atoms with E-state index in [0.717, 1.165) is 10.0 Å². The monoisotopic (exact) mass is 270 g/mol. The van der Waals surface area contributed by atoms with Gasteiger partial charge in [0.1, 0.15) is 0 Å². The minimum absolute atomic E-state index is 0.297. The van der Waals surface area contributed by atoms with E-state index < -0.39 is 0 Å². The molecule has 0 aliphatic rings. The third-order valence-corrected chi connectivity index (χ3v) is 3.15. The number of primary amides is 1. The van der Waals surface area contributed by atoms with E-state index >= 15 is 0 Å². The van der Waals surface area contributed by atoms with Crippen molar-refractivity contribution in [3.8, 4) is 0 Å². The van der Waals surface area contributed by atoms with Crippen molar-refractivity contribution in [2.75, 3.05) is 0 Å². The summed E-state index contributed by atoms with van der Waals surface area (Å²) in [5.41, 5.74) is 7.47. The summed E-state index contributed by atoms with van der Waals surface area (Å²) in [6, 6.07) is 5.79. The van der Waals surface area contributed by atoms with Crippen LogP contribution in [0, 0.1) is 6.92 Å². The lowest BCUT2D eigenvalue weighted by Crippen LogP contribution is -2.38. The molecule has 0 heterocycles. The van der Waals surface area contributed by atoms with Crippen molar-refractivity contribution in [3.63, 3.8) is 0 Å². The summed E-state index contributed by atoms with van der Waals surface area (Å²) in [7, 11) is 0. The van der Waals surface area contributed by atoms with Crippen LogP contribution in [0.2, 0.25) is 0 Å². The number of carbonyl (C=O) groups excluding carboxylic acids is 1. The second-order valence-electron chi connectivity index (χ2n) is 3.59.